The van der Waals surface area contributed by atoms with Crippen LogP contribution in [0, 0.1) is 0 Å². The van der Waals surface area contributed by atoms with Crippen LogP contribution < -0.4 is 19.5 Å². The van der Waals surface area contributed by atoms with E-state index in [9.17, 15) is 0 Å². The summed E-state index contributed by atoms with van der Waals surface area (Å²) in [6, 6.07) is 14.6. The van der Waals surface area contributed by atoms with Crippen molar-refractivity contribution < 1.29 is 14.2 Å². The lowest BCUT2D eigenvalue weighted by atomic mass is 9.80. The average Bonchev–Trinajstić information content (AvgIpc) is 2.69. The van der Waals surface area contributed by atoms with E-state index in [2.05, 4.69) is 56.4 Å². The summed E-state index contributed by atoms with van der Waals surface area (Å²) in [4.78, 5) is 0. The fourth-order valence-electron chi connectivity index (χ4n) is 3.72. The second-order valence-corrected chi connectivity index (χ2v) is 8.04. The van der Waals surface area contributed by atoms with E-state index in [1.165, 1.54) is 24.0 Å². The number of ether oxygens (including phenoxy) is 3. The SMILES string of the molecule is CCCCNCCOc1ccc([C@H]2CC(C)(C)Oc3cc(OC)ccc32)cc1. The summed E-state index contributed by atoms with van der Waals surface area (Å²) in [5, 5.41) is 3.40. The van der Waals surface area contributed by atoms with Crippen LogP contribution in [-0.4, -0.2) is 32.4 Å². The third-order valence-corrected chi connectivity index (χ3v) is 5.22. The normalized spacial score (nSPS) is 17.5. The molecule has 0 aromatic heterocycles. The number of unbranched alkanes of at least 4 members (excludes halogenated alkanes) is 1. The van der Waals surface area contributed by atoms with Gasteiger partial charge in [-0.05, 0) is 57.0 Å². The van der Waals surface area contributed by atoms with Crippen LogP contribution in [0.1, 0.15) is 57.1 Å². The van der Waals surface area contributed by atoms with Gasteiger partial charge in [0.1, 0.15) is 29.5 Å². The summed E-state index contributed by atoms with van der Waals surface area (Å²) >= 11 is 0. The molecule has 28 heavy (non-hydrogen) atoms. The van der Waals surface area contributed by atoms with Gasteiger partial charge in [-0.1, -0.05) is 31.5 Å². The number of benzene rings is 2. The van der Waals surface area contributed by atoms with Crippen molar-refractivity contribution in [2.75, 3.05) is 26.8 Å². The van der Waals surface area contributed by atoms with Gasteiger partial charge in [-0.15, -0.1) is 0 Å². The van der Waals surface area contributed by atoms with Gasteiger partial charge in [0.15, 0.2) is 0 Å². The first-order chi connectivity index (χ1) is 13.5. The topological polar surface area (TPSA) is 39.7 Å². The molecule has 0 spiro atoms. The second-order valence-electron chi connectivity index (χ2n) is 8.04. The van der Waals surface area contributed by atoms with Gasteiger partial charge in [0, 0.05) is 24.1 Å². The van der Waals surface area contributed by atoms with Gasteiger partial charge >= 0.3 is 0 Å². The van der Waals surface area contributed by atoms with E-state index < -0.39 is 0 Å². The van der Waals surface area contributed by atoms with Crippen molar-refractivity contribution in [3.63, 3.8) is 0 Å². The zero-order valence-corrected chi connectivity index (χ0v) is 17.6. The van der Waals surface area contributed by atoms with Crippen molar-refractivity contribution in [3.05, 3.63) is 53.6 Å². The molecule has 1 atom stereocenters. The molecule has 4 heteroatoms. The highest BCUT2D eigenvalue weighted by molar-refractivity contribution is 5.49. The predicted molar refractivity (Wildman–Crippen MR) is 114 cm³/mol. The lowest BCUT2D eigenvalue weighted by molar-refractivity contribution is 0.0771. The molecule has 2 aromatic carbocycles. The summed E-state index contributed by atoms with van der Waals surface area (Å²) in [6.45, 7) is 9.12. The molecule has 152 valence electrons. The molecule has 1 aliphatic heterocycles. The maximum absolute atomic E-state index is 6.22. The maximum atomic E-state index is 6.22. The van der Waals surface area contributed by atoms with Crippen molar-refractivity contribution in [1.82, 2.24) is 5.32 Å². The number of hydrogen-bond donors (Lipinski definition) is 1. The average molecular weight is 384 g/mol. The quantitative estimate of drug-likeness (QED) is 0.608. The Kier molecular flexibility index (Phi) is 6.84. The first-order valence-electron chi connectivity index (χ1n) is 10.3. The Balaban J connectivity index is 1.68. The number of fused-ring (bicyclic) bond motifs is 1. The zero-order chi connectivity index (χ0) is 20.0. The summed E-state index contributed by atoms with van der Waals surface area (Å²) in [7, 11) is 1.69. The van der Waals surface area contributed by atoms with Crippen molar-refractivity contribution >= 4 is 0 Å². The standard InChI is InChI=1S/C24H33NO3/c1-5-6-13-25-14-15-27-19-9-7-18(8-10-19)22-17-24(2,3)28-23-16-20(26-4)11-12-21(22)23/h7-12,16,22,25H,5-6,13-15,17H2,1-4H3/t22-/m1/s1. The van der Waals surface area contributed by atoms with Crippen LogP contribution in [0.3, 0.4) is 0 Å². The Bertz CT molecular complexity index is 755. The van der Waals surface area contributed by atoms with Gasteiger partial charge in [-0.3, -0.25) is 0 Å². The van der Waals surface area contributed by atoms with Crippen LogP contribution in [0.15, 0.2) is 42.5 Å². The minimum atomic E-state index is -0.219. The predicted octanol–water partition coefficient (Wildman–Crippen LogP) is 5.16. The van der Waals surface area contributed by atoms with Gasteiger partial charge in [0.2, 0.25) is 0 Å². The molecular weight excluding hydrogens is 350 g/mol. The minimum Gasteiger partial charge on any atom is -0.497 e. The van der Waals surface area contributed by atoms with E-state index in [4.69, 9.17) is 14.2 Å². The number of nitrogens with one attached hydrogen (secondary N) is 1. The van der Waals surface area contributed by atoms with Crippen LogP contribution in [-0.2, 0) is 0 Å². The van der Waals surface area contributed by atoms with Crippen LogP contribution in [0.5, 0.6) is 17.2 Å². The second kappa shape index (κ2) is 9.33. The molecule has 0 bridgehead atoms. The highest BCUT2D eigenvalue weighted by atomic mass is 16.5. The lowest BCUT2D eigenvalue weighted by Gasteiger charge is -2.38. The van der Waals surface area contributed by atoms with E-state index >= 15 is 0 Å². The lowest BCUT2D eigenvalue weighted by Crippen LogP contribution is -2.35. The third-order valence-electron chi connectivity index (χ3n) is 5.22. The fourth-order valence-corrected chi connectivity index (χ4v) is 3.72. The van der Waals surface area contributed by atoms with E-state index in [0.717, 1.165) is 36.8 Å². The van der Waals surface area contributed by atoms with E-state index in [1.54, 1.807) is 7.11 Å². The van der Waals surface area contributed by atoms with Gasteiger partial charge in [0.25, 0.3) is 0 Å². The Morgan fingerprint density at radius 2 is 1.82 bits per heavy atom. The Morgan fingerprint density at radius 3 is 2.54 bits per heavy atom. The smallest absolute Gasteiger partial charge is 0.127 e. The molecule has 0 unspecified atom stereocenters. The number of hydrogen-bond acceptors (Lipinski definition) is 4. The van der Waals surface area contributed by atoms with Crippen molar-refractivity contribution in [2.24, 2.45) is 0 Å². The van der Waals surface area contributed by atoms with Crippen molar-refractivity contribution in [2.45, 2.75) is 51.6 Å². The number of methoxy groups -OCH3 is 1. The Hall–Kier alpha value is -2.20. The van der Waals surface area contributed by atoms with E-state index in [0.29, 0.717) is 12.5 Å². The van der Waals surface area contributed by atoms with Crippen molar-refractivity contribution in [3.8, 4) is 17.2 Å². The van der Waals surface area contributed by atoms with Crippen LogP contribution >= 0.6 is 0 Å². The molecule has 0 radical (unpaired) electrons. The largest absolute Gasteiger partial charge is 0.497 e. The fraction of sp³-hybridized carbons (Fsp3) is 0.500. The highest BCUT2D eigenvalue weighted by Crippen LogP contribution is 2.45. The van der Waals surface area contributed by atoms with Crippen molar-refractivity contribution in [1.29, 1.82) is 0 Å². The van der Waals surface area contributed by atoms with E-state index in [-0.39, 0.29) is 5.60 Å². The highest BCUT2D eigenvalue weighted by Gasteiger charge is 2.34. The Morgan fingerprint density at radius 1 is 1.07 bits per heavy atom. The molecule has 4 nitrogen and oxygen atoms in total. The molecule has 0 fully saturated rings. The minimum absolute atomic E-state index is 0.219. The van der Waals surface area contributed by atoms with Gasteiger partial charge in [-0.25, -0.2) is 0 Å². The molecule has 1 N–H and O–H groups in total. The van der Waals surface area contributed by atoms with Crippen LogP contribution in [0.25, 0.3) is 0 Å². The molecule has 0 saturated carbocycles. The summed E-state index contributed by atoms with van der Waals surface area (Å²) in [5.74, 6) is 2.96. The third kappa shape index (κ3) is 5.20. The molecule has 2 aromatic rings. The maximum Gasteiger partial charge on any atom is 0.127 e. The van der Waals surface area contributed by atoms with Gasteiger partial charge in [-0.2, -0.15) is 0 Å². The summed E-state index contributed by atoms with van der Waals surface area (Å²) < 4.78 is 17.5. The molecule has 1 heterocycles. The molecule has 0 aliphatic carbocycles. The molecule has 0 saturated heterocycles. The zero-order valence-electron chi connectivity index (χ0n) is 17.6. The Labute approximate surface area is 169 Å². The van der Waals surface area contributed by atoms with Crippen LogP contribution in [0.2, 0.25) is 0 Å². The molecule has 1 aliphatic rings. The first-order valence-corrected chi connectivity index (χ1v) is 10.3. The van der Waals surface area contributed by atoms with E-state index in [1.807, 2.05) is 12.1 Å². The molecule has 3 rings (SSSR count). The monoisotopic (exact) mass is 383 g/mol. The number of rotatable bonds is 9. The van der Waals surface area contributed by atoms with Gasteiger partial charge in [0.05, 0.1) is 7.11 Å². The molecule has 0 amide bonds. The summed E-state index contributed by atoms with van der Waals surface area (Å²) in [5.41, 5.74) is 2.29. The first kappa shape index (κ1) is 20.5. The molecular formula is C24H33NO3. The summed E-state index contributed by atoms with van der Waals surface area (Å²) in [6.07, 6.45) is 3.37. The van der Waals surface area contributed by atoms with Gasteiger partial charge < -0.3 is 19.5 Å². The van der Waals surface area contributed by atoms with Crippen LogP contribution in [0.4, 0.5) is 0 Å².